The number of rotatable bonds is 3. The summed E-state index contributed by atoms with van der Waals surface area (Å²) in [4.78, 5) is 17.0. The van der Waals surface area contributed by atoms with Crippen LogP contribution in [0.25, 0.3) is 5.69 Å². The van der Waals surface area contributed by atoms with E-state index in [0.29, 0.717) is 5.56 Å². The van der Waals surface area contributed by atoms with Gasteiger partial charge in [0.25, 0.3) is 5.91 Å². The van der Waals surface area contributed by atoms with Crippen LogP contribution in [0.2, 0.25) is 0 Å². The third-order valence-corrected chi connectivity index (χ3v) is 5.35. The SMILES string of the molecule is O=C(c1ccc(-n2cnnc2)cc1)N1CCN(C2CCCC2O)CC1. The van der Waals surface area contributed by atoms with Crippen LogP contribution in [0.4, 0.5) is 0 Å². The van der Waals surface area contributed by atoms with Gasteiger partial charge in [-0.15, -0.1) is 10.2 Å². The van der Waals surface area contributed by atoms with E-state index in [9.17, 15) is 9.90 Å². The van der Waals surface area contributed by atoms with Gasteiger partial charge in [0.1, 0.15) is 12.7 Å². The van der Waals surface area contributed by atoms with Gasteiger partial charge in [0, 0.05) is 43.5 Å². The summed E-state index contributed by atoms with van der Waals surface area (Å²) in [6, 6.07) is 7.79. The molecule has 0 radical (unpaired) electrons. The smallest absolute Gasteiger partial charge is 0.253 e. The zero-order valence-electron chi connectivity index (χ0n) is 14.2. The average Bonchev–Trinajstić information content (AvgIpc) is 3.33. The maximum atomic E-state index is 12.7. The fourth-order valence-electron chi connectivity index (χ4n) is 3.90. The van der Waals surface area contributed by atoms with Crippen molar-refractivity contribution in [3.8, 4) is 5.69 Å². The number of carbonyl (C=O) groups is 1. The monoisotopic (exact) mass is 341 g/mol. The molecule has 1 aromatic carbocycles. The topological polar surface area (TPSA) is 74.5 Å². The van der Waals surface area contributed by atoms with Crippen molar-refractivity contribution in [2.75, 3.05) is 26.2 Å². The Labute approximate surface area is 146 Å². The second-order valence-corrected chi connectivity index (χ2v) is 6.81. The third kappa shape index (κ3) is 3.29. The molecule has 1 saturated heterocycles. The molecule has 132 valence electrons. The van der Waals surface area contributed by atoms with Crippen molar-refractivity contribution in [1.29, 1.82) is 0 Å². The van der Waals surface area contributed by atoms with Crippen molar-refractivity contribution in [2.45, 2.75) is 31.4 Å². The Morgan fingerprint density at radius 3 is 2.28 bits per heavy atom. The van der Waals surface area contributed by atoms with E-state index in [-0.39, 0.29) is 18.1 Å². The van der Waals surface area contributed by atoms with Gasteiger partial charge in [-0.2, -0.15) is 0 Å². The van der Waals surface area contributed by atoms with Crippen molar-refractivity contribution in [2.24, 2.45) is 0 Å². The van der Waals surface area contributed by atoms with Crippen LogP contribution in [0.15, 0.2) is 36.9 Å². The lowest BCUT2D eigenvalue weighted by Crippen LogP contribution is -2.53. The molecule has 2 aromatic rings. The lowest BCUT2D eigenvalue weighted by Gasteiger charge is -2.39. The van der Waals surface area contributed by atoms with Gasteiger partial charge in [0.2, 0.25) is 0 Å². The minimum absolute atomic E-state index is 0.0712. The molecule has 2 fully saturated rings. The maximum Gasteiger partial charge on any atom is 0.253 e. The van der Waals surface area contributed by atoms with Crippen LogP contribution in [0, 0.1) is 0 Å². The molecule has 1 saturated carbocycles. The van der Waals surface area contributed by atoms with Gasteiger partial charge < -0.3 is 10.0 Å². The van der Waals surface area contributed by atoms with Crippen molar-refractivity contribution < 1.29 is 9.90 Å². The fraction of sp³-hybridized carbons (Fsp3) is 0.500. The summed E-state index contributed by atoms with van der Waals surface area (Å²) < 4.78 is 1.81. The molecule has 2 unspecified atom stereocenters. The molecule has 1 aromatic heterocycles. The van der Waals surface area contributed by atoms with Gasteiger partial charge >= 0.3 is 0 Å². The molecule has 1 amide bonds. The largest absolute Gasteiger partial charge is 0.391 e. The van der Waals surface area contributed by atoms with Crippen LogP contribution in [-0.4, -0.2) is 73.9 Å². The second kappa shape index (κ2) is 6.93. The fourth-order valence-corrected chi connectivity index (χ4v) is 3.90. The van der Waals surface area contributed by atoms with E-state index < -0.39 is 0 Å². The zero-order chi connectivity index (χ0) is 17.2. The number of aliphatic hydroxyl groups is 1. The first-order valence-electron chi connectivity index (χ1n) is 8.89. The van der Waals surface area contributed by atoms with E-state index >= 15 is 0 Å². The number of nitrogens with zero attached hydrogens (tertiary/aromatic N) is 5. The van der Waals surface area contributed by atoms with Crippen molar-refractivity contribution in [1.82, 2.24) is 24.6 Å². The summed E-state index contributed by atoms with van der Waals surface area (Å²) >= 11 is 0. The van der Waals surface area contributed by atoms with Gasteiger partial charge in [0.15, 0.2) is 0 Å². The zero-order valence-corrected chi connectivity index (χ0v) is 14.2. The molecule has 2 heterocycles. The van der Waals surface area contributed by atoms with Crippen LogP contribution >= 0.6 is 0 Å². The number of aliphatic hydroxyl groups excluding tert-OH is 1. The first-order chi connectivity index (χ1) is 12.2. The number of benzene rings is 1. The standard InChI is InChI=1S/C18H23N5O2/c24-17-3-1-2-16(17)21-8-10-22(11-9-21)18(25)14-4-6-15(7-5-14)23-12-19-20-13-23/h4-7,12-13,16-17,24H,1-3,8-11H2. The van der Waals surface area contributed by atoms with Gasteiger partial charge in [-0.25, -0.2) is 0 Å². The number of hydrogen-bond donors (Lipinski definition) is 1. The lowest BCUT2D eigenvalue weighted by atomic mass is 10.1. The Hall–Kier alpha value is -2.25. The Bertz CT molecular complexity index is 708. The molecule has 2 atom stereocenters. The van der Waals surface area contributed by atoms with Crippen molar-refractivity contribution >= 4 is 5.91 Å². The predicted octanol–water partition coefficient (Wildman–Crippen LogP) is 0.938. The van der Waals surface area contributed by atoms with Crippen LogP contribution in [0.1, 0.15) is 29.6 Å². The quantitative estimate of drug-likeness (QED) is 0.899. The highest BCUT2D eigenvalue weighted by atomic mass is 16.3. The normalized spacial score (nSPS) is 24.6. The molecule has 0 bridgehead atoms. The van der Waals surface area contributed by atoms with E-state index in [0.717, 1.165) is 51.1 Å². The minimum atomic E-state index is -0.201. The number of piperazine rings is 1. The molecular formula is C18H23N5O2. The van der Waals surface area contributed by atoms with Crippen molar-refractivity contribution in [3.05, 3.63) is 42.5 Å². The Morgan fingerprint density at radius 2 is 1.68 bits per heavy atom. The lowest BCUT2D eigenvalue weighted by molar-refractivity contribution is 0.0315. The highest BCUT2D eigenvalue weighted by Gasteiger charge is 2.33. The van der Waals surface area contributed by atoms with Gasteiger partial charge in [0.05, 0.1) is 6.10 Å². The molecular weight excluding hydrogens is 318 g/mol. The molecule has 1 aliphatic carbocycles. The highest BCUT2D eigenvalue weighted by molar-refractivity contribution is 5.94. The summed E-state index contributed by atoms with van der Waals surface area (Å²) in [5.41, 5.74) is 1.63. The van der Waals surface area contributed by atoms with Crippen molar-refractivity contribution in [3.63, 3.8) is 0 Å². The first kappa shape index (κ1) is 16.2. The Kier molecular flexibility index (Phi) is 4.50. The molecule has 2 aliphatic rings. The summed E-state index contributed by atoms with van der Waals surface area (Å²) in [5.74, 6) is 0.0712. The molecule has 7 heteroatoms. The molecule has 1 N–H and O–H groups in total. The predicted molar refractivity (Wildman–Crippen MR) is 92.5 cm³/mol. The molecule has 7 nitrogen and oxygen atoms in total. The van der Waals surface area contributed by atoms with E-state index in [1.165, 1.54) is 0 Å². The van der Waals surface area contributed by atoms with Crippen LogP contribution < -0.4 is 0 Å². The molecule has 1 aliphatic heterocycles. The molecule has 25 heavy (non-hydrogen) atoms. The number of hydrogen-bond acceptors (Lipinski definition) is 5. The first-order valence-corrected chi connectivity index (χ1v) is 8.89. The number of amides is 1. The Balaban J connectivity index is 1.37. The molecule has 0 spiro atoms. The Morgan fingerprint density at radius 1 is 1.00 bits per heavy atom. The van der Waals surface area contributed by atoms with E-state index in [2.05, 4.69) is 15.1 Å². The average molecular weight is 341 g/mol. The van der Waals surface area contributed by atoms with Gasteiger partial charge in [-0.05, 0) is 43.5 Å². The maximum absolute atomic E-state index is 12.7. The summed E-state index contributed by atoms with van der Waals surface area (Å²) in [6.45, 7) is 3.11. The molecule has 4 rings (SSSR count). The number of carbonyl (C=O) groups excluding carboxylic acids is 1. The van der Waals surface area contributed by atoms with Gasteiger partial charge in [-0.1, -0.05) is 0 Å². The van der Waals surface area contributed by atoms with E-state index in [1.54, 1.807) is 17.2 Å². The van der Waals surface area contributed by atoms with E-state index in [1.807, 2.05) is 29.2 Å². The minimum Gasteiger partial charge on any atom is -0.391 e. The van der Waals surface area contributed by atoms with E-state index in [4.69, 9.17) is 0 Å². The highest BCUT2D eigenvalue weighted by Crippen LogP contribution is 2.25. The summed E-state index contributed by atoms with van der Waals surface area (Å²) in [5, 5.41) is 17.6. The second-order valence-electron chi connectivity index (χ2n) is 6.81. The van der Waals surface area contributed by atoms with Crippen LogP contribution in [0.5, 0.6) is 0 Å². The summed E-state index contributed by atoms with van der Waals surface area (Å²) in [7, 11) is 0. The van der Waals surface area contributed by atoms with Gasteiger partial charge in [-0.3, -0.25) is 14.3 Å². The van der Waals surface area contributed by atoms with Crippen LogP contribution in [0.3, 0.4) is 0 Å². The summed E-state index contributed by atoms with van der Waals surface area (Å²) in [6.07, 6.45) is 6.14. The number of aromatic nitrogens is 3. The van der Waals surface area contributed by atoms with Crippen LogP contribution in [-0.2, 0) is 0 Å². The third-order valence-electron chi connectivity index (χ3n) is 5.35.